The summed E-state index contributed by atoms with van der Waals surface area (Å²) in [7, 11) is 0. The van der Waals surface area contributed by atoms with Crippen LogP contribution in [-0.2, 0) is 16.0 Å². The molecule has 1 aliphatic heterocycles. The number of hydrogen-bond acceptors (Lipinski definition) is 4. The summed E-state index contributed by atoms with van der Waals surface area (Å²) in [6, 6.07) is 4.07. The minimum Gasteiger partial charge on any atom is -0.487 e. The largest absolute Gasteiger partial charge is 0.487 e. The zero-order valence-corrected chi connectivity index (χ0v) is 18.6. The number of allylic oxidation sites excluding steroid dienone is 2. The number of esters is 1. The van der Waals surface area contributed by atoms with Crippen LogP contribution < -0.4 is 9.47 Å². The maximum absolute atomic E-state index is 12.4. The van der Waals surface area contributed by atoms with Crippen LogP contribution in [-0.4, -0.2) is 22.6 Å². The van der Waals surface area contributed by atoms with Crippen molar-refractivity contribution in [3.8, 4) is 11.5 Å². The van der Waals surface area contributed by atoms with E-state index in [9.17, 15) is 9.59 Å². The predicted octanol–water partition coefficient (Wildman–Crippen LogP) is 5.80. The summed E-state index contributed by atoms with van der Waals surface area (Å²) in [5.74, 6) is 0.245. The second kappa shape index (κ2) is 9.23. The zero-order chi connectivity index (χ0) is 21.9. The normalized spacial score (nSPS) is 21.7. The third-order valence-electron chi connectivity index (χ3n) is 6.35. The highest BCUT2D eigenvalue weighted by Gasteiger charge is 2.45. The first-order valence-corrected chi connectivity index (χ1v) is 11.2. The highest BCUT2D eigenvalue weighted by Crippen LogP contribution is 2.53. The molecular weight excluding hydrogens is 380 g/mol. The lowest BCUT2D eigenvalue weighted by molar-refractivity contribution is -0.142. The van der Waals surface area contributed by atoms with Crippen molar-refractivity contribution in [2.75, 3.05) is 0 Å². The van der Waals surface area contributed by atoms with Crippen molar-refractivity contribution < 1.29 is 24.2 Å². The SMILES string of the molecule is CCCCCc1cc(OC(=O)CCC(=O)O)c2c(c1)OC(C)(C)[C@@H]1CCC(C)=C[C@@H]21. The highest BCUT2D eigenvalue weighted by atomic mass is 16.5. The van der Waals surface area contributed by atoms with Gasteiger partial charge in [0.25, 0.3) is 0 Å². The Morgan fingerprint density at radius 1 is 1.23 bits per heavy atom. The second-order valence-electron chi connectivity index (χ2n) is 9.22. The number of fused-ring (bicyclic) bond motifs is 3. The first-order chi connectivity index (χ1) is 14.2. The van der Waals surface area contributed by atoms with E-state index in [2.05, 4.69) is 39.8 Å². The lowest BCUT2D eigenvalue weighted by Gasteiger charge is -2.46. The van der Waals surface area contributed by atoms with E-state index >= 15 is 0 Å². The molecule has 0 unspecified atom stereocenters. The summed E-state index contributed by atoms with van der Waals surface area (Å²) in [5.41, 5.74) is 3.06. The molecule has 1 N–H and O–H groups in total. The summed E-state index contributed by atoms with van der Waals surface area (Å²) in [6.45, 7) is 8.61. The molecule has 1 heterocycles. The predicted molar refractivity (Wildman–Crippen MR) is 116 cm³/mol. The Labute approximate surface area is 179 Å². The van der Waals surface area contributed by atoms with E-state index in [1.807, 2.05) is 6.07 Å². The topological polar surface area (TPSA) is 72.8 Å². The molecule has 2 atom stereocenters. The average molecular weight is 415 g/mol. The summed E-state index contributed by atoms with van der Waals surface area (Å²) in [4.78, 5) is 23.2. The summed E-state index contributed by atoms with van der Waals surface area (Å²) in [5, 5.41) is 8.89. The van der Waals surface area contributed by atoms with Crippen LogP contribution in [0.4, 0.5) is 0 Å². The van der Waals surface area contributed by atoms with E-state index in [0.29, 0.717) is 11.7 Å². The molecule has 5 nitrogen and oxygen atoms in total. The van der Waals surface area contributed by atoms with Crippen molar-refractivity contribution in [1.29, 1.82) is 0 Å². The van der Waals surface area contributed by atoms with Gasteiger partial charge in [0.05, 0.1) is 12.8 Å². The van der Waals surface area contributed by atoms with Crippen molar-refractivity contribution in [2.45, 2.75) is 90.6 Å². The van der Waals surface area contributed by atoms with Gasteiger partial charge in [-0.1, -0.05) is 31.4 Å². The van der Waals surface area contributed by atoms with Gasteiger partial charge in [-0.3, -0.25) is 9.59 Å². The molecule has 3 rings (SSSR count). The van der Waals surface area contributed by atoms with Gasteiger partial charge in [0.15, 0.2) is 0 Å². The Kier molecular flexibility index (Phi) is 6.89. The number of carboxylic acid groups (broad SMARTS) is 1. The molecule has 1 aromatic carbocycles. The van der Waals surface area contributed by atoms with E-state index in [-0.39, 0.29) is 24.4 Å². The Morgan fingerprint density at radius 3 is 2.70 bits per heavy atom. The maximum atomic E-state index is 12.4. The zero-order valence-electron chi connectivity index (χ0n) is 18.6. The van der Waals surface area contributed by atoms with Gasteiger partial charge in [-0.05, 0) is 64.2 Å². The lowest BCUT2D eigenvalue weighted by Crippen LogP contribution is -2.45. The van der Waals surface area contributed by atoms with Crippen LogP contribution in [0.1, 0.15) is 89.7 Å². The number of unbranched alkanes of at least 4 members (excludes halogenated alkanes) is 2. The van der Waals surface area contributed by atoms with Crippen molar-refractivity contribution in [3.63, 3.8) is 0 Å². The first kappa shape index (κ1) is 22.4. The molecule has 30 heavy (non-hydrogen) atoms. The highest BCUT2D eigenvalue weighted by molar-refractivity contribution is 5.78. The lowest BCUT2D eigenvalue weighted by atomic mass is 9.68. The number of carbonyl (C=O) groups excluding carboxylic acids is 1. The molecule has 0 saturated carbocycles. The number of aliphatic carboxylic acids is 1. The van der Waals surface area contributed by atoms with E-state index < -0.39 is 11.9 Å². The van der Waals surface area contributed by atoms with E-state index in [1.165, 1.54) is 5.57 Å². The quantitative estimate of drug-likeness (QED) is 0.252. The smallest absolute Gasteiger partial charge is 0.311 e. The number of benzene rings is 1. The third kappa shape index (κ3) is 5.05. The number of rotatable bonds is 8. The monoisotopic (exact) mass is 414 g/mol. The molecular formula is C25H34O5. The molecule has 5 heteroatoms. The molecule has 2 aliphatic rings. The summed E-state index contributed by atoms with van der Waals surface area (Å²) < 4.78 is 12.2. The van der Waals surface area contributed by atoms with Gasteiger partial charge in [0.1, 0.15) is 17.1 Å². The minimum absolute atomic E-state index is 0.129. The van der Waals surface area contributed by atoms with Crippen molar-refractivity contribution in [3.05, 3.63) is 34.9 Å². The molecule has 0 fully saturated rings. The van der Waals surface area contributed by atoms with Gasteiger partial charge in [0.2, 0.25) is 0 Å². The summed E-state index contributed by atoms with van der Waals surface area (Å²) in [6.07, 6.45) is 8.25. The summed E-state index contributed by atoms with van der Waals surface area (Å²) >= 11 is 0. The first-order valence-electron chi connectivity index (χ1n) is 11.2. The molecule has 0 spiro atoms. The Bertz CT molecular complexity index is 836. The number of hydrogen-bond donors (Lipinski definition) is 1. The van der Waals surface area contributed by atoms with Crippen LogP contribution in [0.2, 0.25) is 0 Å². The average Bonchev–Trinajstić information content (AvgIpc) is 2.65. The molecule has 0 amide bonds. The standard InChI is InChI=1S/C25H34O5/c1-5-6-7-8-17-14-20(29-23(28)12-11-22(26)27)24-18-13-16(2)9-10-19(18)25(3,4)30-21(24)15-17/h13-15,18-19H,5-12H2,1-4H3,(H,26,27)/t18-,19-/m1/s1. The molecule has 0 bridgehead atoms. The Balaban J connectivity index is 2.01. The van der Waals surface area contributed by atoms with Gasteiger partial charge in [0, 0.05) is 17.4 Å². The van der Waals surface area contributed by atoms with Crippen molar-refractivity contribution in [2.24, 2.45) is 5.92 Å². The van der Waals surface area contributed by atoms with Crippen LogP contribution in [0, 0.1) is 5.92 Å². The number of aryl methyl sites for hydroxylation is 1. The Hall–Kier alpha value is -2.30. The van der Waals surface area contributed by atoms with Gasteiger partial charge >= 0.3 is 11.9 Å². The van der Waals surface area contributed by atoms with Crippen molar-refractivity contribution >= 4 is 11.9 Å². The van der Waals surface area contributed by atoms with Gasteiger partial charge < -0.3 is 14.6 Å². The molecule has 1 aliphatic carbocycles. The number of ether oxygens (including phenoxy) is 2. The van der Waals surface area contributed by atoms with Crippen LogP contribution >= 0.6 is 0 Å². The Morgan fingerprint density at radius 2 is 2.00 bits per heavy atom. The van der Waals surface area contributed by atoms with Gasteiger partial charge in [-0.25, -0.2) is 0 Å². The van der Waals surface area contributed by atoms with Crippen LogP contribution in [0.3, 0.4) is 0 Å². The van der Waals surface area contributed by atoms with Gasteiger partial charge in [-0.15, -0.1) is 0 Å². The molecule has 164 valence electrons. The third-order valence-corrected chi connectivity index (χ3v) is 6.35. The van der Waals surface area contributed by atoms with Crippen LogP contribution in [0.25, 0.3) is 0 Å². The number of carboxylic acids is 1. The minimum atomic E-state index is -1.00. The molecule has 0 radical (unpaired) electrons. The molecule has 0 saturated heterocycles. The maximum Gasteiger partial charge on any atom is 0.311 e. The fourth-order valence-corrected chi connectivity index (χ4v) is 4.75. The molecule has 1 aromatic rings. The van der Waals surface area contributed by atoms with E-state index in [4.69, 9.17) is 14.6 Å². The second-order valence-corrected chi connectivity index (χ2v) is 9.22. The van der Waals surface area contributed by atoms with Crippen LogP contribution in [0.5, 0.6) is 11.5 Å². The van der Waals surface area contributed by atoms with Crippen LogP contribution in [0.15, 0.2) is 23.8 Å². The van der Waals surface area contributed by atoms with E-state index in [1.54, 1.807) is 0 Å². The fraction of sp³-hybridized carbons (Fsp3) is 0.600. The van der Waals surface area contributed by atoms with E-state index in [0.717, 1.165) is 55.4 Å². The molecule has 0 aromatic heterocycles. The van der Waals surface area contributed by atoms with Crippen molar-refractivity contribution in [1.82, 2.24) is 0 Å². The fourth-order valence-electron chi connectivity index (χ4n) is 4.75. The number of carbonyl (C=O) groups is 2. The van der Waals surface area contributed by atoms with Gasteiger partial charge in [-0.2, -0.15) is 0 Å².